The lowest BCUT2D eigenvalue weighted by atomic mass is 10.0. The van der Waals surface area contributed by atoms with Gasteiger partial charge in [-0.15, -0.1) is 0 Å². The van der Waals surface area contributed by atoms with Gasteiger partial charge in [-0.05, 0) is 6.92 Å². The van der Waals surface area contributed by atoms with Gasteiger partial charge in [0.15, 0.2) is 0 Å². The number of aliphatic hydroxyl groups excluding tert-OH is 1. The number of alkyl halides is 2. The van der Waals surface area contributed by atoms with E-state index in [1.54, 1.807) is 0 Å². The lowest BCUT2D eigenvalue weighted by Gasteiger charge is -2.38. The van der Waals surface area contributed by atoms with Crippen LogP contribution in [0.5, 0.6) is 0 Å². The molecular weight excluding hydrogens is 208 g/mol. The first-order valence-electron chi connectivity index (χ1n) is 4.94. The summed E-state index contributed by atoms with van der Waals surface area (Å²) in [4.78, 5) is 0. The Kier molecular flexibility index (Phi) is 4.85. The molecule has 0 aliphatic carbocycles. The zero-order valence-corrected chi connectivity index (χ0v) is 8.71. The SMILES string of the molecule is CC1(CCO)CNC(COC(F)F)CO1. The van der Waals surface area contributed by atoms with Crippen molar-refractivity contribution in [2.24, 2.45) is 0 Å². The smallest absolute Gasteiger partial charge is 0.345 e. The second kappa shape index (κ2) is 5.69. The van der Waals surface area contributed by atoms with Crippen LogP contribution in [0.4, 0.5) is 8.78 Å². The third-order valence-electron chi connectivity index (χ3n) is 2.46. The number of aliphatic hydroxyl groups is 1. The van der Waals surface area contributed by atoms with Crippen LogP contribution in [0.3, 0.4) is 0 Å². The molecule has 15 heavy (non-hydrogen) atoms. The Hall–Kier alpha value is -0.300. The van der Waals surface area contributed by atoms with E-state index < -0.39 is 12.2 Å². The molecule has 1 saturated heterocycles. The molecule has 6 heteroatoms. The predicted octanol–water partition coefficient (Wildman–Crippen LogP) is 0.355. The van der Waals surface area contributed by atoms with E-state index in [1.807, 2.05) is 6.92 Å². The maximum absolute atomic E-state index is 11.7. The van der Waals surface area contributed by atoms with Crippen LogP contribution in [0.25, 0.3) is 0 Å². The fourth-order valence-corrected chi connectivity index (χ4v) is 1.46. The molecule has 1 aliphatic rings. The molecule has 1 heterocycles. The summed E-state index contributed by atoms with van der Waals surface area (Å²) in [5, 5.41) is 11.8. The highest BCUT2D eigenvalue weighted by molar-refractivity contribution is 4.85. The summed E-state index contributed by atoms with van der Waals surface area (Å²) < 4.78 is 33.2. The quantitative estimate of drug-likeness (QED) is 0.709. The third kappa shape index (κ3) is 4.38. The van der Waals surface area contributed by atoms with E-state index in [-0.39, 0.29) is 19.3 Å². The Morgan fingerprint density at radius 2 is 2.40 bits per heavy atom. The largest absolute Gasteiger partial charge is 0.396 e. The van der Waals surface area contributed by atoms with Gasteiger partial charge in [0.1, 0.15) is 0 Å². The molecular formula is C9H17F2NO3. The molecule has 0 aromatic heterocycles. The predicted molar refractivity (Wildman–Crippen MR) is 49.8 cm³/mol. The minimum atomic E-state index is -2.74. The van der Waals surface area contributed by atoms with Gasteiger partial charge >= 0.3 is 6.61 Å². The average Bonchev–Trinajstić information content (AvgIpc) is 2.17. The van der Waals surface area contributed by atoms with Gasteiger partial charge in [0.05, 0.1) is 24.9 Å². The highest BCUT2D eigenvalue weighted by atomic mass is 19.3. The van der Waals surface area contributed by atoms with Gasteiger partial charge in [0.2, 0.25) is 0 Å². The standard InChI is InChI=1S/C9H17F2NO3/c1-9(2-3-13)6-12-7(5-15-9)4-14-8(10)11/h7-8,12-13H,2-6H2,1H3. The molecule has 4 nitrogen and oxygen atoms in total. The average molecular weight is 225 g/mol. The van der Waals surface area contributed by atoms with Gasteiger partial charge in [-0.3, -0.25) is 0 Å². The Labute approximate surface area is 87.6 Å². The first-order valence-corrected chi connectivity index (χ1v) is 4.94. The number of morpholine rings is 1. The third-order valence-corrected chi connectivity index (χ3v) is 2.46. The highest BCUT2D eigenvalue weighted by Gasteiger charge is 2.31. The normalized spacial score (nSPS) is 32.2. The van der Waals surface area contributed by atoms with Gasteiger partial charge in [0, 0.05) is 19.6 Å². The van der Waals surface area contributed by atoms with Crippen molar-refractivity contribution < 1.29 is 23.4 Å². The molecule has 0 aromatic carbocycles. The summed E-state index contributed by atoms with van der Waals surface area (Å²) in [6, 6.07) is -0.203. The second-order valence-corrected chi connectivity index (χ2v) is 3.91. The molecule has 0 amide bonds. The molecule has 0 radical (unpaired) electrons. The van der Waals surface area contributed by atoms with E-state index in [9.17, 15) is 8.78 Å². The van der Waals surface area contributed by atoms with E-state index in [0.29, 0.717) is 19.6 Å². The molecule has 0 spiro atoms. The minimum Gasteiger partial charge on any atom is -0.396 e. The van der Waals surface area contributed by atoms with Crippen molar-refractivity contribution in [3.8, 4) is 0 Å². The monoisotopic (exact) mass is 225 g/mol. The van der Waals surface area contributed by atoms with Crippen LogP contribution in [0.15, 0.2) is 0 Å². The molecule has 2 unspecified atom stereocenters. The van der Waals surface area contributed by atoms with E-state index in [0.717, 1.165) is 0 Å². The Balaban J connectivity index is 2.23. The Bertz CT molecular complexity index is 184. The minimum absolute atomic E-state index is 0.0520. The summed E-state index contributed by atoms with van der Waals surface area (Å²) >= 11 is 0. The van der Waals surface area contributed by atoms with Crippen molar-refractivity contribution in [2.45, 2.75) is 31.6 Å². The van der Waals surface area contributed by atoms with Gasteiger partial charge in [-0.25, -0.2) is 0 Å². The van der Waals surface area contributed by atoms with Crippen LogP contribution in [0.1, 0.15) is 13.3 Å². The van der Waals surface area contributed by atoms with E-state index >= 15 is 0 Å². The topological polar surface area (TPSA) is 50.7 Å². The lowest BCUT2D eigenvalue weighted by Crippen LogP contribution is -2.54. The van der Waals surface area contributed by atoms with Gasteiger partial charge < -0.3 is 19.9 Å². The fourth-order valence-electron chi connectivity index (χ4n) is 1.46. The molecule has 1 rings (SSSR count). The van der Waals surface area contributed by atoms with E-state index in [2.05, 4.69) is 10.1 Å². The molecule has 0 bridgehead atoms. The molecule has 1 fully saturated rings. The number of ether oxygens (including phenoxy) is 2. The van der Waals surface area contributed by atoms with E-state index in [4.69, 9.17) is 9.84 Å². The molecule has 90 valence electrons. The molecule has 0 saturated carbocycles. The van der Waals surface area contributed by atoms with Gasteiger partial charge in [-0.1, -0.05) is 0 Å². The summed E-state index contributed by atoms with van der Waals surface area (Å²) in [5.41, 5.74) is -0.407. The molecule has 2 N–H and O–H groups in total. The zero-order chi connectivity index (χ0) is 11.3. The summed E-state index contributed by atoms with van der Waals surface area (Å²) in [6.45, 7) is -0.0184. The molecule has 1 aliphatic heterocycles. The Morgan fingerprint density at radius 1 is 1.67 bits per heavy atom. The first kappa shape index (κ1) is 12.8. The summed E-state index contributed by atoms with van der Waals surface area (Å²) in [7, 11) is 0. The lowest BCUT2D eigenvalue weighted by molar-refractivity contribution is -0.152. The zero-order valence-electron chi connectivity index (χ0n) is 8.71. The maximum Gasteiger partial charge on any atom is 0.345 e. The van der Waals surface area contributed by atoms with Crippen molar-refractivity contribution in [2.75, 3.05) is 26.4 Å². The first-order chi connectivity index (χ1) is 7.06. The van der Waals surface area contributed by atoms with Crippen molar-refractivity contribution in [3.05, 3.63) is 0 Å². The fraction of sp³-hybridized carbons (Fsp3) is 1.00. The van der Waals surface area contributed by atoms with Crippen LogP contribution in [-0.2, 0) is 9.47 Å². The number of hydrogen-bond donors (Lipinski definition) is 2. The highest BCUT2D eigenvalue weighted by Crippen LogP contribution is 2.18. The van der Waals surface area contributed by atoms with Crippen LogP contribution in [-0.4, -0.2) is 49.7 Å². The van der Waals surface area contributed by atoms with Crippen LogP contribution < -0.4 is 5.32 Å². The van der Waals surface area contributed by atoms with Crippen LogP contribution in [0, 0.1) is 0 Å². The Morgan fingerprint density at radius 3 is 2.87 bits per heavy atom. The second-order valence-electron chi connectivity index (χ2n) is 3.91. The molecule has 2 atom stereocenters. The summed E-state index contributed by atoms with van der Waals surface area (Å²) in [6.07, 6.45) is 0.530. The van der Waals surface area contributed by atoms with Crippen LogP contribution in [0.2, 0.25) is 0 Å². The van der Waals surface area contributed by atoms with Crippen molar-refractivity contribution in [1.82, 2.24) is 5.32 Å². The van der Waals surface area contributed by atoms with Gasteiger partial charge in [0.25, 0.3) is 0 Å². The maximum atomic E-state index is 11.7. The number of halogens is 2. The van der Waals surface area contributed by atoms with Crippen molar-refractivity contribution in [1.29, 1.82) is 0 Å². The number of nitrogens with one attached hydrogen (secondary N) is 1. The number of rotatable bonds is 5. The van der Waals surface area contributed by atoms with Crippen molar-refractivity contribution >= 4 is 0 Å². The van der Waals surface area contributed by atoms with Crippen molar-refractivity contribution in [3.63, 3.8) is 0 Å². The van der Waals surface area contributed by atoms with Gasteiger partial charge in [-0.2, -0.15) is 8.78 Å². The van der Waals surface area contributed by atoms with Crippen LogP contribution >= 0.6 is 0 Å². The number of hydrogen-bond acceptors (Lipinski definition) is 4. The summed E-state index contributed by atoms with van der Waals surface area (Å²) in [5.74, 6) is 0. The van der Waals surface area contributed by atoms with E-state index in [1.165, 1.54) is 0 Å². The molecule has 0 aromatic rings.